The van der Waals surface area contributed by atoms with Crippen molar-refractivity contribution in [2.45, 2.75) is 17.0 Å². The normalized spacial score (nSPS) is 15.0. The number of carbonyl (C=O) groups excluding carboxylic acids is 1. The van der Waals surface area contributed by atoms with Crippen molar-refractivity contribution in [3.63, 3.8) is 0 Å². The van der Waals surface area contributed by atoms with E-state index in [0.29, 0.717) is 43.8 Å². The molecule has 32 heavy (non-hydrogen) atoms. The second-order valence-corrected chi connectivity index (χ2v) is 9.94. The maximum Gasteiger partial charge on any atom is 0.243 e. The third-order valence-electron chi connectivity index (χ3n) is 4.81. The van der Waals surface area contributed by atoms with E-state index in [1.807, 2.05) is 25.1 Å². The molecule has 0 atom stereocenters. The molecule has 0 radical (unpaired) electrons. The fourth-order valence-corrected chi connectivity index (χ4v) is 5.43. The summed E-state index contributed by atoms with van der Waals surface area (Å²) in [6.07, 6.45) is 0. The van der Waals surface area contributed by atoms with Crippen LogP contribution in [-0.2, 0) is 19.6 Å². The lowest BCUT2D eigenvalue weighted by atomic mass is 10.3. The minimum Gasteiger partial charge on any atom is -0.494 e. The topological polar surface area (TPSA) is 114 Å². The van der Waals surface area contributed by atoms with Crippen molar-refractivity contribution in [1.82, 2.24) is 14.3 Å². The second-order valence-electron chi connectivity index (χ2n) is 7.04. The summed E-state index contributed by atoms with van der Waals surface area (Å²) in [5, 5.41) is 3.38. The Kier molecular flexibility index (Phi) is 6.99. The van der Waals surface area contributed by atoms with E-state index in [2.05, 4.69) is 15.3 Å². The van der Waals surface area contributed by atoms with Crippen LogP contribution < -0.4 is 10.1 Å². The van der Waals surface area contributed by atoms with Gasteiger partial charge in [0.1, 0.15) is 5.75 Å². The molecule has 4 rings (SSSR count). The van der Waals surface area contributed by atoms with E-state index in [0.717, 1.165) is 16.8 Å². The Morgan fingerprint density at radius 1 is 1.25 bits per heavy atom. The zero-order valence-electron chi connectivity index (χ0n) is 17.5. The van der Waals surface area contributed by atoms with E-state index < -0.39 is 10.0 Å². The van der Waals surface area contributed by atoms with E-state index in [9.17, 15) is 13.2 Å². The van der Waals surface area contributed by atoms with Gasteiger partial charge in [-0.1, -0.05) is 17.8 Å². The van der Waals surface area contributed by atoms with Crippen molar-refractivity contribution in [1.29, 1.82) is 0 Å². The molecule has 1 amide bonds. The molecule has 0 aliphatic carbocycles. The van der Waals surface area contributed by atoms with E-state index in [-0.39, 0.29) is 16.6 Å². The highest BCUT2D eigenvalue weighted by Crippen LogP contribution is 2.24. The third kappa shape index (κ3) is 5.23. The van der Waals surface area contributed by atoms with Gasteiger partial charge in [0.05, 0.1) is 41.5 Å². The van der Waals surface area contributed by atoms with Crippen molar-refractivity contribution >= 4 is 44.4 Å². The van der Waals surface area contributed by atoms with Crippen molar-refractivity contribution < 1.29 is 22.7 Å². The minimum atomic E-state index is -3.63. The first-order valence-electron chi connectivity index (χ1n) is 10.2. The molecule has 11 heteroatoms. The van der Waals surface area contributed by atoms with Crippen LogP contribution in [0.15, 0.2) is 52.5 Å². The lowest BCUT2D eigenvalue weighted by molar-refractivity contribution is -0.113. The summed E-state index contributed by atoms with van der Waals surface area (Å²) < 4.78 is 37.7. The van der Waals surface area contributed by atoms with Gasteiger partial charge in [0, 0.05) is 24.8 Å². The summed E-state index contributed by atoms with van der Waals surface area (Å²) in [6, 6.07) is 11.9. The fourth-order valence-electron chi connectivity index (χ4n) is 3.29. The molecule has 1 aliphatic heterocycles. The van der Waals surface area contributed by atoms with Crippen molar-refractivity contribution in [2.75, 3.05) is 44.0 Å². The van der Waals surface area contributed by atoms with E-state index in [1.54, 1.807) is 12.1 Å². The van der Waals surface area contributed by atoms with Crippen molar-refractivity contribution in [3.05, 3.63) is 42.5 Å². The van der Waals surface area contributed by atoms with Gasteiger partial charge in [-0.05, 0) is 37.3 Å². The molecule has 3 aromatic rings. The first-order valence-corrected chi connectivity index (χ1v) is 12.6. The average molecular weight is 477 g/mol. The number of aromatic amines is 1. The number of hydrogen-bond donors (Lipinski definition) is 2. The Bertz CT molecular complexity index is 1210. The number of amides is 1. The molecule has 2 heterocycles. The number of hydrogen-bond acceptors (Lipinski definition) is 7. The van der Waals surface area contributed by atoms with Crippen LogP contribution in [0.4, 0.5) is 5.69 Å². The van der Waals surface area contributed by atoms with E-state index in [4.69, 9.17) is 9.47 Å². The van der Waals surface area contributed by atoms with Crippen LogP contribution in [0.3, 0.4) is 0 Å². The van der Waals surface area contributed by atoms with Crippen LogP contribution in [0.1, 0.15) is 6.92 Å². The van der Waals surface area contributed by atoms with Crippen LogP contribution in [0.2, 0.25) is 0 Å². The summed E-state index contributed by atoms with van der Waals surface area (Å²) >= 11 is 1.27. The minimum absolute atomic E-state index is 0.124. The smallest absolute Gasteiger partial charge is 0.243 e. The number of H-pyrrole nitrogens is 1. The lowest BCUT2D eigenvalue weighted by Gasteiger charge is -2.26. The number of anilines is 1. The molecule has 1 fully saturated rings. The van der Waals surface area contributed by atoms with Crippen LogP contribution in [0, 0.1) is 0 Å². The molecule has 0 saturated carbocycles. The summed E-state index contributed by atoms with van der Waals surface area (Å²) in [5.74, 6) is 0.620. The second kappa shape index (κ2) is 9.90. The monoisotopic (exact) mass is 476 g/mol. The molecule has 1 saturated heterocycles. The number of aromatic nitrogens is 2. The third-order valence-corrected chi connectivity index (χ3v) is 7.58. The van der Waals surface area contributed by atoms with Gasteiger partial charge < -0.3 is 19.8 Å². The number of imidazole rings is 1. The molecule has 1 aliphatic rings. The summed E-state index contributed by atoms with van der Waals surface area (Å²) in [6.45, 7) is 3.89. The number of rotatable bonds is 8. The zero-order chi connectivity index (χ0) is 22.6. The fraction of sp³-hybridized carbons (Fsp3) is 0.333. The zero-order valence-corrected chi connectivity index (χ0v) is 19.2. The highest BCUT2D eigenvalue weighted by molar-refractivity contribution is 7.99. The van der Waals surface area contributed by atoms with Crippen molar-refractivity contribution in [2.24, 2.45) is 0 Å². The van der Waals surface area contributed by atoms with Gasteiger partial charge in [0.25, 0.3) is 0 Å². The van der Waals surface area contributed by atoms with Gasteiger partial charge in [-0.2, -0.15) is 4.31 Å². The summed E-state index contributed by atoms with van der Waals surface area (Å²) in [7, 11) is -3.63. The maximum atomic E-state index is 12.8. The molecule has 0 bridgehead atoms. The maximum absolute atomic E-state index is 12.8. The van der Waals surface area contributed by atoms with Gasteiger partial charge in [0.15, 0.2) is 5.16 Å². The molecule has 1 aromatic heterocycles. The quantitative estimate of drug-likeness (QED) is 0.481. The first kappa shape index (κ1) is 22.6. The van der Waals surface area contributed by atoms with Gasteiger partial charge in [-0.15, -0.1) is 0 Å². The predicted molar refractivity (Wildman–Crippen MR) is 123 cm³/mol. The van der Waals surface area contributed by atoms with Gasteiger partial charge in [-0.3, -0.25) is 4.79 Å². The molecular weight excluding hydrogens is 452 g/mol. The van der Waals surface area contributed by atoms with Gasteiger partial charge in [0.2, 0.25) is 15.9 Å². The molecule has 170 valence electrons. The highest BCUT2D eigenvalue weighted by atomic mass is 32.2. The Hall–Kier alpha value is -2.60. The first-order chi connectivity index (χ1) is 15.5. The Morgan fingerprint density at radius 2 is 2.06 bits per heavy atom. The van der Waals surface area contributed by atoms with Crippen LogP contribution >= 0.6 is 11.8 Å². The summed E-state index contributed by atoms with van der Waals surface area (Å²) in [4.78, 5) is 20.2. The predicted octanol–water partition coefficient (Wildman–Crippen LogP) is 2.71. The molecule has 9 nitrogen and oxygen atoms in total. The number of carbonyl (C=O) groups is 1. The standard InChI is InChI=1S/C21H24N4O5S2/c1-2-30-16-6-7-18-19(13-16)24-21(23-18)31-14-20(26)22-15-4-3-5-17(12-15)32(27,28)25-8-10-29-11-9-25/h3-7,12-13H,2,8-11,14H2,1H3,(H,22,26)(H,23,24). The number of nitrogens with zero attached hydrogens (tertiary/aromatic N) is 2. The Morgan fingerprint density at radius 3 is 2.84 bits per heavy atom. The Balaban J connectivity index is 1.38. The van der Waals surface area contributed by atoms with Gasteiger partial charge >= 0.3 is 0 Å². The molecule has 0 unspecified atom stereocenters. The number of nitrogens with one attached hydrogen (secondary N) is 2. The number of fused-ring (bicyclic) bond motifs is 1. The van der Waals surface area contributed by atoms with E-state index in [1.165, 1.54) is 28.2 Å². The van der Waals surface area contributed by atoms with Crippen LogP contribution in [-0.4, -0.2) is 67.3 Å². The number of ether oxygens (including phenoxy) is 2. The number of sulfonamides is 1. The number of morpholine rings is 1. The molecule has 2 aromatic carbocycles. The van der Waals surface area contributed by atoms with Crippen LogP contribution in [0.25, 0.3) is 11.0 Å². The largest absolute Gasteiger partial charge is 0.494 e. The van der Waals surface area contributed by atoms with E-state index >= 15 is 0 Å². The lowest BCUT2D eigenvalue weighted by Crippen LogP contribution is -2.40. The molecular formula is C21H24N4O5S2. The van der Waals surface area contributed by atoms with Gasteiger partial charge in [-0.25, -0.2) is 13.4 Å². The van der Waals surface area contributed by atoms with Crippen molar-refractivity contribution in [3.8, 4) is 5.75 Å². The summed E-state index contributed by atoms with van der Waals surface area (Å²) in [5.41, 5.74) is 2.05. The average Bonchev–Trinajstić information content (AvgIpc) is 3.21. The molecule has 2 N–H and O–H groups in total. The Labute approximate surface area is 190 Å². The highest BCUT2D eigenvalue weighted by Gasteiger charge is 2.26. The SMILES string of the molecule is CCOc1ccc2nc(SCC(=O)Nc3cccc(S(=O)(=O)N4CCOCC4)c3)[nH]c2c1. The van der Waals surface area contributed by atoms with Crippen LogP contribution in [0.5, 0.6) is 5.75 Å². The number of benzene rings is 2. The molecule has 0 spiro atoms. The number of thioether (sulfide) groups is 1.